The molecule has 0 saturated carbocycles. The minimum absolute atomic E-state index is 0.250. The molecule has 50 heavy (non-hydrogen) atoms. The predicted molar refractivity (Wildman–Crippen MR) is 193 cm³/mol. The average Bonchev–Trinajstić information content (AvgIpc) is 3.50. The largest absolute Gasteiger partial charge is 0.374 e. The van der Waals surface area contributed by atoms with E-state index in [0.29, 0.717) is 38.9 Å². The second-order valence-electron chi connectivity index (χ2n) is 12.9. The molecule has 0 aliphatic carbocycles. The van der Waals surface area contributed by atoms with Gasteiger partial charge in [0.1, 0.15) is 24.4 Å². The molecular weight excluding hydrogens is 648 g/mol. The van der Waals surface area contributed by atoms with Crippen molar-refractivity contribution in [1.82, 2.24) is 0 Å². The first kappa shape index (κ1) is 34.6. The van der Waals surface area contributed by atoms with Crippen LogP contribution in [0.1, 0.15) is 44.5 Å². The van der Waals surface area contributed by atoms with Gasteiger partial charge >= 0.3 is 0 Å². The van der Waals surface area contributed by atoms with Gasteiger partial charge in [0, 0.05) is 11.4 Å². The standard InChI is InChI=1S/C43H43ClO6/c1-31-22-37-29-49-43(38(37)23-36(31)24-44)42(48-28-35-20-12-5-13-21-35)41(47-27-34-18-10-4-11-19-34)40(46-26-33-16-8-3-9-17-33)39(50-43)30-45-25-32-14-6-2-7-15-32/h2-23,39-42H,24-30H2,1H3/t39-,40+,41+,42-,43+/m1/s1. The van der Waals surface area contributed by atoms with Crippen LogP contribution in [0.15, 0.2) is 133 Å². The van der Waals surface area contributed by atoms with E-state index in [1.54, 1.807) is 0 Å². The van der Waals surface area contributed by atoms with Crippen LogP contribution < -0.4 is 0 Å². The zero-order valence-electron chi connectivity index (χ0n) is 28.3. The Morgan fingerprint density at radius 1 is 0.640 bits per heavy atom. The predicted octanol–water partition coefficient (Wildman–Crippen LogP) is 8.79. The molecule has 5 aromatic rings. The van der Waals surface area contributed by atoms with Crippen molar-refractivity contribution >= 4 is 11.6 Å². The number of aryl methyl sites for hydroxylation is 1. The smallest absolute Gasteiger partial charge is 0.225 e. The van der Waals surface area contributed by atoms with Crippen LogP contribution in [0.5, 0.6) is 0 Å². The average molecular weight is 691 g/mol. The maximum atomic E-state index is 7.20. The first-order valence-corrected chi connectivity index (χ1v) is 17.8. The van der Waals surface area contributed by atoms with Gasteiger partial charge in [0.2, 0.25) is 5.79 Å². The van der Waals surface area contributed by atoms with E-state index in [9.17, 15) is 0 Å². The first-order valence-electron chi connectivity index (χ1n) is 17.2. The van der Waals surface area contributed by atoms with E-state index in [1.807, 2.05) is 72.8 Å². The molecule has 5 atom stereocenters. The summed E-state index contributed by atoms with van der Waals surface area (Å²) in [5, 5.41) is 0. The fourth-order valence-electron chi connectivity index (χ4n) is 6.83. The van der Waals surface area contributed by atoms with Crippen LogP contribution in [-0.4, -0.2) is 31.0 Å². The fourth-order valence-corrected chi connectivity index (χ4v) is 7.12. The van der Waals surface area contributed by atoms with Gasteiger partial charge in [-0.05, 0) is 51.9 Å². The molecule has 0 N–H and O–H groups in total. The quantitative estimate of drug-likeness (QED) is 0.109. The molecule has 1 saturated heterocycles. The van der Waals surface area contributed by atoms with E-state index in [0.717, 1.165) is 44.5 Å². The number of ether oxygens (including phenoxy) is 6. The summed E-state index contributed by atoms with van der Waals surface area (Å²) in [7, 11) is 0. The highest BCUT2D eigenvalue weighted by Gasteiger charge is 2.61. The molecule has 2 heterocycles. The maximum Gasteiger partial charge on any atom is 0.225 e. The van der Waals surface area contributed by atoms with Crippen molar-refractivity contribution in [2.24, 2.45) is 0 Å². The van der Waals surface area contributed by atoms with Crippen LogP contribution in [0.4, 0.5) is 0 Å². The topological polar surface area (TPSA) is 55.4 Å². The highest BCUT2D eigenvalue weighted by atomic mass is 35.5. The summed E-state index contributed by atoms with van der Waals surface area (Å²) < 4.78 is 41.1. The van der Waals surface area contributed by atoms with E-state index < -0.39 is 30.2 Å². The van der Waals surface area contributed by atoms with Crippen molar-refractivity contribution in [3.05, 3.63) is 178 Å². The van der Waals surface area contributed by atoms with Crippen LogP contribution >= 0.6 is 11.6 Å². The van der Waals surface area contributed by atoms with E-state index >= 15 is 0 Å². The number of halogens is 1. The van der Waals surface area contributed by atoms with Crippen molar-refractivity contribution in [3.8, 4) is 0 Å². The van der Waals surface area contributed by atoms with Crippen molar-refractivity contribution in [1.29, 1.82) is 0 Å². The van der Waals surface area contributed by atoms with Crippen molar-refractivity contribution in [2.45, 2.75) is 76.0 Å². The Hall–Kier alpha value is -3.85. The fraction of sp³-hybridized carbons (Fsp3) is 0.302. The second kappa shape index (κ2) is 16.4. The summed E-state index contributed by atoms with van der Waals surface area (Å²) in [6.45, 7) is 4.16. The third kappa shape index (κ3) is 7.88. The van der Waals surface area contributed by atoms with Gasteiger partial charge in [-0.15, -0.1) is 11.6 Å². The Kier molecular flexibility index (Phi) is 11.4. The van der Waals surface area contributed by atoms with Gasteiger partial charge in [-0.25, -0.2) is 0 Å². The summed E-state index contributed by atoms with van der Waals surface area (Å²) in [5.74, 6) is -0.932. The van der Waals surface area contributed by atoms with Gasteiger partial charge < -0.3 is 28.4 Å². The third-order valence-corrected chi connectivity index (χ3v) is 9.74. The monoisotopic (exact) mass is 690 g/mol. The van der Waals surface area contributed by atoms with E-state index in [4.69, 9.17) is 40.0 Å². The molecule has 2 aliphatic heterocycles. The Labute approximate surface area is 299 Å². The van der Waals surface area contributed by atoms with Gasteiger partial charge in [-0.1, -0.05) is 127 Å². The molecule has 7 heteroatoms. The van der Waals surface area contributed by atoms with Gasteiger partial charge in [-0.2, -0.15) is 0 Å². The lowest BCUT2D eigenvalue weighted by Gasteiger charge is -2.51. The summed E-state index contributed by atoms with van der Waals surface area (Å²) in [6, 6.07) is 44.8. The van der Waals surface area contributed by atoms with Crippen LogP contribution in [-0.2, 0) is 73.1 Å². The number of hydrogen-bond acceptors (Lipinski definition) is 6. The minimum atomic E-state index is -1.30. The van der Waals surface area contributed by atoms with Crippen molar-refractivity contribution < 1.29 is 28.4 Å². The normalized spacial score (nSPS) is 22.8. The van der Waals surface area contributed by atoms with Gasteiger partial charge in [0.05, 0.1) is 39.6 Å². The summed E-state index contributed by atoms with van der Waals surface area (Å²) in [6.07, 6.45) is -2.43. The molecule has 7 rings (SSSR count). The number of benzene rings is 5. The van der Waals surface area contributed by atoms with Crippen LogP contribution in [0.25, 0.3) is 0 Å². The van der Waals surface area contributed by atoms with Crippen molar-refractivity contribution in [2.75, 3.05) is 6.61 Å². The molecule has 1 fully saturated rings. The first-order chi connectivity index (χ1) is 24.6. The summed E-state index contributed by atoms with van der Waals surface area (Å²) in [4.78, 5) is 0. The summed E-state index contributed by atoms with van der Waals surface area (Å²) >= 11 is 6.49. The maximum absolute atomic E-state index is 7.20. The highest BCUT2D eigenvalue weighted by molar-refractivity contribution is 6.17. The number of fused-ring (bicyclic) bond motifs is 2. The van der Waals surface area contributed by atoms with Gasteiger partial charge in [0.15, 0.2) is 0 Å². The number of hydrogen-bond donors (Lipinski definition) is 0. The zero-order chi connectivity index (χ0) is 34.2. The molecule has 0 bridgehead atoms. The van der Waals surface area contributed by atoms with Crippen LogP contribution in [0.2, 0.25) is 0 Å². The molecular formula is C43H43ClO6. The highest BCUT2D eigenvalue weighted by Crippen LogP contribution is 2.49. The van der Waals surface area contributed by atoms with Gasteiger partial charge in [-0.3, -0.25) is 0 Å². The number of alkyl halides is 1. The van der Waals surface area contributed by atoms with E-state index in [2.05, 4.69) is 67.6 Å². The lowest BCUT2D eigenvalue weighted by atomic mass is 9.85. The van der Waals surface area contributed by atoms with Crippen LogP contribution in [0, 0.1) is 6.92 Å². The molecule has 2 aliphatic rings. The Bertz CT molecular complexity index is 1790. The zero-order valence-corrected chi connectivity index (χ0v) is 29.0. The lowest BCUT2D eigenvalue weighted by molar-refractivity contribution is -0.387. The van der Waals surface area contributed by atoms with E-state index in [-0.39, 0.29) is 6.61 Å². The molecule has 1 spiro atoms. The lowest BCUT2D eigenvalue weighted by Crippen LogP contribution is -2.65. The summed E-state index contributed by atoms with van der Waals surface area (Å²) in [5.41, 5.74) is 8.26. The molecule has 0 radical (unpaired) electrons. The Balaban J connectivity index is 1.30. The molecule has 0 amide bonds. The third-order valence-electron chi connectivity index (χ3n) is 9.45. The van der Waals surface area contributed by atoms with Crippen molar-refractivity contribution in [3.63, 3.8) is 0 Å². The van der Waals surface area contributed by atoms with E-state index in [1.165, 1.54) is 0 Å². The number of rotatable bonds is 14. The second-order valence-corrected chi connectivity index (χ2v) is 13.2. The molecule has 258 valence electrons. The Morgan fingerprint density at radius 2 is 1.14 bits per heavy atom. The molecule has 5 aromatic carbocycles. The molecule has 6 nitrogen and oxygen atoms in total. The Morgan fingerprint density at radius 3 is 1.68 bits per heavy atom. The van der Waals surface area contributed by atoms with Gasteiger partial charge in [0.25, 0.3) is 0 Å². The minimum Gasteiger partial charge on any atom is -0.374 e. The SMILES string of the molecule is Cc1cc2c(cc1CCl)[C@]1(OC2)O[C@H](COCc2ccccc2)[C@H](OCc2ccccc2)[C@H](OCc2ccccc2)[C@H]1OCc1ccccc1. The molecule has 0 unspecified atom stereocenters. The van der Waals surface area contributed by atoms with Crippen LogP contribution in [0.3, 0.4) is 0 Å². The molecule has 0 aromatic heterocycles.